The van der Waals surface area contributed by atoms with Gasteiger partial charge >= 0.3 is 0 Å². The van der Waals surface area contributed by atoms with E-state index in [0.29, 0.717) is 12.5 Å². The molecule has 0 bridgehead atoms. The lowest BCUT2D eigenvalue weighted by atomic mass is 10.3. The minimum absolute atomic E-state index is 0.473. The normalized spacial score (nSPS) is 10.8. The van der Waals surface area contributed by atoms with Crippen molar-refractivity contribution in [3.05, 3.63) is 24.2 Å². The van der Waals surface area contributed by atoms with Crippen LogP contribution in [0.15, 0.2) is 27.8 Å². The van der Waals surface area contributed by atoms with E-state index in [0.717, 1.165) is 18.7 Å². The van der Waals surface area contributed by atoms with E-state index in [1.165, 1.54) is 0 Å². The Morgan fingerprint density at radius 1 is 1.60 bits per heavy atom. The van der Waals surface area contributed by atoms with Crippen LogP contribution in [0.3, 0.4) is 0 Å². The van der Waals surface area contributed by atoms with Gasteiger partial charge in [0.25, 0.3) is 0 Å². The third kappa shape index (κ3) is 4.23. The molecule has 0 saturated heterocycles. The summed E-state index contributed by atoms with van der Waals surface area (Å²) in [4.78, 5) is 4.01. The summed E-state index contributed by atoms with van der Waals surface area (Å²) in [6.07, 6.45) is 7.62. The van der Waals surface area contributed by atoms with Crippen LogP contribution < -0.4 is 10.6 Å². The van der Waals surface area contributed by atoms with Gasteiger partial charge in [-0.05, 0) is 12.1 Å². The van der Waals surface area contributed by atoms with Gasteiger partial charge in [-0.2, -0.15) is 0 Å². The molecule has 1 aromatic heterocycles. The Labute approximate surface area is 89.8 Å². The predicted octanol–water partition coefficient (Wildman–Crippen LogP) is 0.620. The first-order valence-corrected chi connectivity index (χ1v) is 4.77. The number of hydrogen-bond donors (Lipinski definition) is 2. The van der Waals surface area contributed by atoms with Crippen LogP contribution in [0.2, 0.25) is 0 Å². The van der Waals surface area contributed by atoms with Gasteiger partial charge in [-0.15, -0.1) is 6.42 Å². The number of nitrogens with one attached hydrogen (secondary N) is 2. The monoisotopic (exact) mass is 205 g/mol. The lowest BCUT2D eigenvalue weighted by Gasteiger charge is -2.08. The van der Waals surface area contributed by atoms with Gasteiger partial charge in [0.1, 0.15) is 5.76 Å². The SMILES string of the molecule is C#CCNC(=NC)NCCc1ccco1. The molecule has 80 valence electrons. The van der Waals surface area contributed by atoms with Crippen LogP contribution in [-0.2, 0) is 6.42 Å². The first-order valence-electron chi connectivity index (χ1n) is 4.77. The van der Waals surface area contributed by atoms with Crippen LogP contribution in [0.1, 0.15) is 5.76 Å². The highest BCUT2D eigenvalue weighted by Crippen LogP contribution is 1.99. The van der Waals surface area contributed by atoms with Crippen molar-refractivity contribution in [2.75, 3.05) is 20.1 Å². The fraction of sp³-hybridized carbons (Fsp3) is 0.364. The topological polar surface area (TPSA) is 49.6 Å². The number of aliphatic imine (C=N–C) groups is 1. The Bertz CT molecular complexity index is 335. The largest absolute Gasteiger partial charge is 0.469 e. The summed E-state index contributed by atoms with van der Waals surface area (Å²) in [5.74, 6) is 4.15. The maximum absolute atomic E-state index is 5.20. The van der Waals surface area contributed by atoms with Gasteiger partial charge in [-0.1, -0.05) is 5.92 Å². The molecule has 0 fully saturated rings. The predicted molar refractivity (Wildman–Crippen MR) is 60.6 cm³/mol. The summed E-state index contributed by atoms with van der Waals surface area (Å²) in [6.45, 7) is 1.23. The van der Waals surface area contributed by atoms with Crippen molar-refractivity contribution >= 4 is 5.96 Å². The highest BCUT2D eigenvalue weighted by atomic mass is 16.3. The molecule has 4 nitrogen and oxygen atoms in total. The molecule has 0 amide bonds. The van der Waals surface area contributed by atoms with Crippen LogP contribution in [-0.4, -0.2) is 26.1 Å². The van der Waals surface area contributed by atoms with E-state index >= 15 is 0 Å². The Kier molecular flexibility index (Phi) is 4.88. The van der Waals surface area contributed by atoms with Crippen molar-refractivity contribution in [2.45, 2.75) is 6.42 Å². The molecule has 0 unspecified atom stereocenters. The van der Waals surface area contributed by atoms with Crippen molar-refractivity contribution in [3.63, 3.8) is 0 Å². The highest BCUT2D eigenvalue weighted by molar-refractivity contribution is 5.79. The van der Waals surface area contributed by atoms with Gasteiger partial charge in [-0.3, -0.25) is 4.99 Å². The average molecular weight is 205 g/mol. The van der Waals surface area contributed by atoms with Gasteiger partial charge < -0.3 is 15.1 Å². The summed E-state index contributed by atoms with van der Waals surface area (Å²) >= 11 is 0. The molecule has 1 rings (SSSR count). The standard InChI is InChI=1S/C11H15N3O/c1-3-7-13-11(12-2)14-8-6-10-5-4-9-15-10/h1,4-5,9H,6-8H2,2H3,(H2,12,13,14). The Morgan fingerprint density at radius 3 is 3.07 bits per heavy atom. The molecule has 0 aromatic carbocycles. The molecule has 15 heavy (non-hydrogen) atoms. The average Bonchev–Trinajstić information content (AvgIpc) is 2.76. The van der Waals surface area contributed by atoms with Gasteiger partial charge in [0.05, 0.1) is 12.8 Å². The number of guanidine groups is 1. The number of hydrogen-bond acceptors (Lipinski definition) is 2. The maximum Gasteiger partial charge on any atom is 0.191 e. The van der Waals surface area contributed by atoms with Crippen LogP contribution >= 0.6 is 0 Å². The first kappa shape index (κ1) is 11.2. The number of terminal acetylenes is 1. The molecule has 2 N–H and O–H groups in total. The maximum atomic E-state index is 5.20. The van der Waals surface area contributed by atoms with Crippen molar-refractivity contribution in [3.8, 4) is 12.3 Å². The number of rotatable bonds is 4. The van der Waals surface area contributed by atoms with Crippen LogP contribution in [0, 0.1) is 12.3 Å². The van der Waals surface area contributed by atoms with Crippen LogP contribution in [0.5, 0.6) is 0 Å². The number of furan rings is 1. The van der Waals surface area contributed by atoms with E-state index in [1.54, 1.807) is 13.3 Å². The van der Waals surface area contributed by atoms with Crippen molar-refractivity contribution in [1.82, 2.24) is 10.6 Å². The van der Waals surface area contributed by atoms with Gasteiger partial charge in [-0.25, -0.2) is 0 Å². The second-order valence-corrected chi connectivity index (χ2v) is 2.89. The molecule has 0 spiro atoms. The van der Waals surface area contributed by atoms with Crippen molar-refractivity contribution in [2.24, 2.45) is 4.99 Å². The van der Waals surface area contributed by atoms with Gasteiger partial charge in [0.15, 0.2) is 5.96 Å². The summed E-state index contributed by atoms with van der Waals surface area (Å²) in [5, 5.41) is 6.10. The summed E-state index contributed by atoms with van der Waals surface area (Å²) < 4.78 is 5.20. The third-order valence-corrected chi connectivity index (χ3v) is 1.83. The van der Waals surface area contributed by atoms with E-state index < -0.39 is 0 Å². The van der Waals surface area contributed by atoms with E-state index in [4.69, 9.17) is 10.8 Å². The smallest absolute Gasteiger partial charge is 0.191 e. The summed E-state index contributed by atoms with van der Waals surface area (Å²) in [7, 11) is 1.71. The molecule has 4 heteroatoms. The van der Waals surface area contributed by atoms with Crippen LogP contribution in [0.25, 0.3) is 0 Å². The number of nitrogens with zero attached hydrogens (tertiary/aromatic N) is 1. The second-order valence-electron chi connectivity index (χ2n) is 2.89. The molecule has 0 aliphatic heterocycles. The zero-order valence-electron chi connectivity index (χ0n) is 8.79. The molecule has 0 aliphatic carbocycles. The summed E-state index contributed by atoms with van der Waals surface area (Å²) in [5.41, 5.74) is 0. The zero-order chi connectivity index (χ0) is 10.9. The molecular formula is C11H15N3O. The van der Waals surface area contributed by atoms with E-state index in [2.05, 4.69) is 21.5 Å². The third-order valence-electron chi connectivity index (χ3n) is 1.83. The second kappa shape index (κ2) is 6.55. The highest BCUT2D eigenvalue weighted by Gasteiger charge is 1.97. The Morgan fingerprint density at radius 2 is 2.47 bits per heavy atom. The molecule has 0 radical (unpaired) electrons. The lowest BCUT2D eigenvalue weighted by Crippen LogP contribution is -2.38. The minimum Gasteiger partial charge on any atom is -0.469 e. The molecule has 1 heterocycles. The van der Waals surface area contributed by atoms with Gasteiger partial charge in [0, 0.05) is 20.0 Å². The first-order chi connectivity index (χ1) is 7.36. The minimum atomic E-state index is 0.473. The molecule has 1 aromatic rings. The van der Waals surface area contributed by atoms with E-state index in [-0.39, 0.29) is 0 Å². The summed E-state index contributed by atoms with van der Waals surface area (Å²) in [6, 6.07) is 3.82. The fourth-order valence-corrected chi connectivity index (χ4v) is 1.11. The fourth-order valence-electron chi connectivity index (χ4n) is 1.11. The van der Waals surface area contributed by atoms with Crippen molar-refractivity contribution < 1.29 is 4.42 Å². The molecule has 0 atom stereocenters. The van der Waals surface area contributed by atoms with Crippen LogP contribution in [0.4, 0.5) is 0 Å². The zero-order valence-corrected chi connectivity index (χ0v) is 8.79. The Hall–Kier alpha value is -1.89. The molecule has 0 aliphatic rings. The Balaban J connectivity index is 2.21. The van der Waals surface area contributed by atoms with E-state index in [1.807, 2.05) is 12.1 Å². The van der Waals surface area contributed by atoms with Gasteiger partial charge in [0.2, 0.25) is 0 Å². The van der Waals surface area contributed by atoms with Crippen molar-refractivity contribution in [1.29, 1.82) is 0 Å². The lowest BCUT2D eigenvalue weighted by molar-refractivity contribution is 0.507. The van der Waals surface area contributed by atoms with E-state index in [9.17, 15) is 0 Å². The quantitative estimate of drug-likeness (QED) is 0.430. The molecular weight excluding hydrogens is 190 g/mol. The molecule has 0 saturated carbocycles.